The van der Waals surface area contributed by atoms with Gasteiger partial charge in [0.15, 0.2) is 0 Å². The monoisotopic (exact) mass is 289 g/mol. The molecule has 21 heavy (non-hydrogen) atoms. The lowest BCUT2D eigenvalue weighted by atomic mass is 10.2. The minimum atomic E-state index is -0.610. The van der Waals surface area contributed by atoms with Gasteiger partial charge < -0.3 is 9.47 Å². The minimum absolute atomic E-state index is 0.105. The number of aryl methyl sites for hydroxylation is 1. The molecule has 0 spiro atoms. The maximum Gasteiger partial charge on any atom is 0.392 e. The van der Waals surface area contributed by atoms with E-state index in [9.17, 15) is 10.1 Å². The van der Waals surface area contributed by atoms with E-state index in [1.165, 1.54) is 6.33 Å². The lowest BCUT2D eigenvalue weighted by molar-refractivity contribution is -0.387. The summed E-state index contributed by atoms with van der Waals surface area (Å²) in [5.41, 5.74) is 0.676. The van der Waals surface area contributed by atoms with Crippen LogP contribution in [0.25, 0.3) is 0 Å². The third-order valence-corrected chi connectivity index (χ3v) is 2.52. The Bertz CT molecular complexity index is 641. The molecule has 0 atom stereocenters. The SMILES string of the molecule is Cc1ccc(Oc2ncnc(OC(C)C)c2[N+](=O)[O-])cc1. The van der Waals surface area contributed by atoms with Gasteiger partial charge in [0.1, 0.15) is 12.1 Å². The molecule has 0 aliphatic rings. The number of nitrogens with zero attached hydrogens (tertiary/aromatic N) is 3. The topological polar surface area (TPSA) is 87.4 Å². The number of hydrogen-bond donors (Lipinski definition) is 0. The Morgan fingerprint density at radius 2 is 1.76 bits per heavy atom. The van der Waals surface area contributed by atoms with Crippen molar-refractivity contribution in [2.45, 2.75) is 26.9 Å². The van der Waals surface area contributed by atoms with E-state index in [2.05, 4.69) is 9.97 Å². The number of hydrogen-bond acceptors (Lipinski definition) is 6. The van der Waals surface area contributed by atoms with Crippen LogP contribution < -0.4 is 9.47 Å². The molecule has 0 radical (unpaired) electrons. The van der Waals surface area contributed by atoms with Crippen molar-refractivity contribution in [3.8, 4) is 17.5 Å². The fraction of sp³-hybridized carbons (Fsp3) is 0.286. The Hall–Kier alpha value is -2.70. The van der Waals surface area contributed by atoms with E-state index >= 15 is 0 Å². The van der Waals surface area contributed by atoms with Crippen LogP contribution in [0.2, 0.25) is 0 Å². The van der Waals surface area contributed by atoms with Crippen molar-refractivity contribution in [2.24, 2.45) is 0 Å². The third-order valence-electron chi connectivity index (χ3n) is 2.52. The predicted octanol–water partition coefficient (Wildman–Crippen LogP) is 3.27. The van der Waals surface area contributed by atoms with Gasteiger partial charge in [-0.25, -0.2) is 0 Å². The number of benzene rings is 1. The van der Waals surface area contributed by atoms with E-state index < -0.39 is 4.92 Å². The molecular weight excluding hydrogens is 274 g/mol. The molecule has 1 aromatic carbocycles. The molecule has 0 N–H and O–H groups in total. The fourth-order valence-corrected chi connectivity index (χ4v) is 1.61. The summed E-state index contributed by atoms with van der Waals surface area (Å²) in [6, 6.07) is 7.11. The highest BCUT2D eigenvalue weighted by Gasteiger charge is 2.27. The Balaban J connectivity index is 2.38. The Morgan fingerprint density at radius 3 is 2.33 bits per heavy atom. The first-order valence-corrected chi connectivity index (χ1v) is 6.38. The second-order valence-corrected chi connectivity index (χ2v) is 4.67. The summed E-state index contributed by atoms with van der Waals surface area (Å²) in [5.74, 6) is 0.208. The van der Waals surface area contributed by atoms with Crippen LogP contribution in [0.15, 0.2) is 30.6 Å². The van der Waals surface area contributed by atoms with Gasteiger partial charge >= 0.3 is 17.4 Å². The number of nitro groups is 1. The van der Waals surface area contributed by atoms with Gasteiger partial charge in [0.25, 0.3) is 0 Å². The summed E-state index contributed by atoms with van der Waals surface area (Å²) < 4.78 is 10.8. The first kappa shape index (κ1) is 14.7. The average molecular weight is 289 g/mol. The van der Waals surface area contributed by atoms with Gasteiger partial charge in [0.05, 0.1) is 11.0 Å². The summed E-state index contributed by atoms with van der Waals surface area (Å²) in [6.07, 6.45) is 0.930. The highest BCUT2D eigenvalue weighted by atomic mass is 16.6. The van der Waals surface area contributed by atoms with Gasteiger partial charge in [0.2, 0.25) is 0 Å². The molecular formula is C14H15N3O4. The highest BCUT2D eigenvalue weighted by Crippen LogP contribution is 2.35. The van der Waals surface area contributed by atoms with Crippen molar-refractivity contribution in [3.05, 3.63) is 46.3 Å². The molecule has 1 aromatic heterocycles. The van der Waals surface area contributed by atoms with Gasteiger partial charge in [-0.1, -0.05) is 17.7 Å². The third kappa shape index (κ3) is 3.65. The quantitative estimate of drug-likeness (QED) is 0.620. The Labute approximate surface area is 121 Å². The van der Waals surface area contributed by atoms with Gasteiger partial charge in [0, 0.05) is 0 Å². The van der Waals surface area contributed by atoms with Crippen molar-refractivity contribution in [2.75, 3.05) is 0 Å². The van der Waals surface area contributed by atoms with E-state index in [4.69, 9.17) is 9.47 Å². The second kappa shape index (κ2) is 6.17. The molecule has 2 aromatic rings. The maximum absolute atomic E-state index is 11.2. The summed E-state index contributed by atoms with van der Waals surface area (Å²) in [4.78, 5) is 18.3. The summed E-state index contributed by atoms with van der Waals surface area (Å²) in [5, 5.41) is 11.2. The van der Waals surface area contributed by atoms with E-state index in [0.717, 1.165) is 5.56 Å². The van der Waals surface area contributed by atoms with Crippen LogP contribution in [0.4, 0.5) is 5.69 Å². The molecule has 0 aliphatic carbocycles. The lowest BCUT2D eigenvalue weighted by Crippen LogP contribution is -2.10. The van der Waals surface area contributed by atoms with Gasteiger partial charge in [-0.15, -0.1) is 0 Å². The molecule has 0 bridgehead atoms. The molecule has 0 saturated heterocycles. The summed E-state index contributed by atoms with van der Waals surface area (Å²) in [6.45, 7) is 5.45. The van der Waals surface area contributed by atoms with E-state index in [-0.39, 0.29) is 23.6 Å². The summed E-state index contributed by atoms with van der Waals surface area (Å²) >= 11 is 0. The minimum Gasteiger partial charge on any atom is -0.470 e. The number of ether oxygens (including phenoxy) is 2. The zero-order valence-corrected chi connectivity index (χ0v) is 11.9. The average Bonchev–Trinajstić information content (AvgIpc) is 2.40. The zero-order valence-electron chi connectivity index (χ0n) is 11.9. The normalized spacial score (nSPS) is 10.5. The van der Waals surface area contributed by atoms with Crippen LogP contribution in [0.5, 0.6) is 17.5 Å². The van der Waals surface area contributed by atoms with E-state index in [1.54, 1.807) is 26.0 Å². The van der Waals surface area contributed by atoms with Crippen molar-refractivity contribution in [1.82, 2.24) is 9.97 Å². The molecule has 1 heterocycles. The summed E-state index contributed by atoms with van der Waals surface area (Å²) in [7, 11) is 0. The van der Waals surface area contributed by atoms with Crippen LogP contribution in [-0.2, 0) is 0 Å². The first-order chi connectivity index (χ1) is 9.97. The molecule has 2 rings (SSSR count). The maximum atomic E-state index is 11.2. The second-order valence-electron chi connectivity index (χ2n) is 4.67. The largest absolute Gasteiger partial charge is 0.470 e. The smallest absolute Gasteiger partial charge is 0.392 e. The number of rotatable bonds is 5. The van der Waals surface area contributed by atoms with Crippen molar-refractivity contribution >= 4 is 5.69 Å². The highest BCUT2D eigenvalue weighted by molar-refractivity contribution is 5.50. The molecule has 7 nitrogen and oxygen atoms in total. The van der Waals surface area contributed by atoms with Gasteiger partial charge in [-0.2, -0.15) is 9.97 Å². The van der Waals surface area contributed by atoms with Crippen molar-refractivity contribution in [3.63, 3.8) is 0 Å². The van der Waals surface area contributed by atoms with Crippen LogP contribution >= 0.6 is 0 Å². The Kier molecular flexibility index (Phi) is 4.32. The molecule has 0 fully saturated rings. The van der Waals surface area contributed by atoms with E-state index in [1.807, 2.05) is 19.1 Å². The van der Waals surface area contributed by atoms with Crippen LogP contribution in [0.1, 0.15) is 19.4 Å². The Morgan fingerprint density at radius 1 is 1.14 bits per heavy atom. The molecule has 0 unspecified atom stereocenters. The van der Waals surface area contributed by atoms with Gasteiger partial charge in [-0.3, -0.25) is 10.1 Å². The van der Waals surface area contributed by atoms with E-state index in [0.29, 0.717) is 5.75 Å². The predicted molar refractivity (Wildman–Crippen MR) is 75.7 cm³/mol. The number of aromatic nitrogens is 2. The molecule has 0 amide bonds. The first-order valence-electron chi connectivity index (χ1n) is 6.38. The molecule has 0 saturated carbocycles. The van der Waals surface area contributed by atoms with Gasteiger partial charge in [-0.05, 0) is 32.9 Å². The molecule has 7 heteroatoms. The van der Waals surface area contributed by atoms with Crippen molar-refractivity contribution in [1.29, 1.82) is 0 Å². The fourth-order valence-electron chi connectivity index (χ4n) is 1.61. The van der Waals surface area contributed by atoms with Crippen molar-refractivity contribution < 1.29 is 14.4 Å². The zero-order chi connectivity index (χ0) is 15.4. The molecule has 0 aliphatic heterocycles. The lowest BCUT2D eigenvalue weighted by Gasteiger charge is -2.10. The van der Waals surface area contributed by atoms with Crippen LogP contribution in [0.3, 0.4) is 0 Å². The standard InChI is InChI=1S/C14H15N3O4/c1-9(2)20-13-12(17(18)19)14(16-8-15-13)21-11-6-4-10(3)5-7-11/h4-9H,1-3H3. The molecule has 110 valence electrons. The van der Waals surface area contributed by atoms with Crippen LogP contribution in [-0.4, -0.2) is 21.0 Å². The van der Waals surface area contributed by atoms with Crippen LogP contribution in [0, 0.1) is 17.0 Å².